The van der Waals surface area contributed by atoms with Gasteiger partial charge in [0.25, 0.3) is 0 Å². The molecule has 1 saturated heterocycles. The molecule has 3 heterocycles. The Morgan fingerprint density at radius 1 is 1.38 bits per heavy atom. The third-order valence-corrected chi connectivity index (χ3v) is 3.73. The molecule has 0 bridgehead atoms. The van der Waals surface area contributed by atoms with E-state index in [2.05, 4.69) is 26.8 Å². The molecule has 1 aliphatic rings. The zero-order valence-electron chi connectivity index (χ0n) is 12.3. The van der Waals surface area contributed by atoms with Crippen molar-refractivity contribution >= 4 is 17.1 Å². The Bertz CT molecular complexity index is 622. The lowest BCUT2D eigenvalue weighted by atomic mass is 10.3. The average Bonchev–Trinajstić information content (AvgIpc) is 2.84. The number of aromatic nitrogens is 4. The van der Waals surface area contributed by atoms with Crippen LogP contribution in [0.5, 0.6) is 5.88 Å². The van der Waals surface area contributed by atoms with Crippen LogP contribution < -0.4 is 10.5 Å². The fourth-order valence-electron chi connectivity index (χ4n) is 2.73. The van der Waals surface area contributed by atoms with Crippen molar-refractivity contribution < 1.29 is 9.47 Å². The number of anilines is 1. The topological polar surface area (TPSA) is 91.3 Å². The molecule has 0 aromatic carbocycles. The molecule has 0 saturated carbocycles. The molecule has 1 fully saturated rings. The molecule has 0 spiro atoms. The van der Waals surface area contributed by atoms with Crippen LogP contribution >= 0.6 is 0 Å². The van der Waals surface area contributed by atoms with E-state index in [1.807, 2.05) is 4.57 Å². The summed E-state index contributed by atoms with van der Waals surface area (Å²) in [5, 5.41) is 0. The number of nitrogen functional groups attached to an aromatic ring is 1. The van der Waals surface area contributed by atoms with E-state index >= 15 is 0 Å². The first-order valence-electron chi connectivity index (χ1n) is 7.03. The van der Waals surface area contributed by atoms with Crippen LogP contribution in [0.15, 0.2) is 6.33 Å². The van der Waals surface area contributed by atoms with Crippen LogP contribution in [0.3, 0.4) is 0 Å². The molecular weight excluding hydrogens is 272 g/mol. The van der Waals surface area contributed by atoms with E-state index in [1.165, 1.54) is 6.33 Å². The van der Waals surface area contributed by atoms with E-state index in [1.54, 1.807) is 7.11 Å². The molecule has 2 aromatic rings. The van der Waals surface area contributed by atoms with Crippen LogP contribution in [0.4, 0.5) is 5.95 Å². The van der Waals surface area contributed by atoms with Gasteiger partial charge in [0.2, 0.25) is 11.8 Å². The number of ether oxygens (including phenoxy) is 2. The summed E-state index contributed by atoms with van der Waals surface area (Å²) in [7, 11) is 1.56. The lowest BCUT2D eigenvalue weighted by molar-refractivity contribution is 0.0328. The number of nitrogens with two attached hydrogens (primary N) is 1. The number of nitrogens with zero attached hydrogens (tertiary/aromatic N) is 5. The largest absolute Gasteiger partial charge is 0.479 e. The third-order valence-electron chi connectivity index (χ3n) is 3.73. The van der Waals surface area contributed by atoms with Crippen molar-refractivity contribution in [2.45, 2.75) is 13.0 Å². The number of hydrogen-bond acceptors (Lipinski definition) is 7. The predicted molar refractivity (Wildman–Crippen MR) is 78.3 cm³/mol. The van der Waals surface area contributed by atoms with Gasteiger partial charge in [-0.3, -0.25) is 9.47 Å². The zero-order valence-corrected chi connectivity index (χ0v) is 12.3. The normalized spacial score (nSPS) is 18.0. The summed E-state index contributed by atoms with van der Waals surface area (Å²) in [6.07, 6.45) is 1.47. The molecule has 3 rings (SSSR count). The predicted octanol–water partition coefficient (Wildman–Crippen LogP) is 0.310. The molecule has 8 heteroatoms. The van der Waals surface area contributed by atoms with Crippen LogP contribution in [0.1, 0.15) is 13.0 Å². The van der Waals surface area contributed by atoms with Crippen molar-refractivity contribution in [1.82, 2.24) is 24.4 Å². The third kappa shape index (κ3) is 2.64. The highest BCUT2D eigenvalue weighted by Gasteiger charge is 2.21. The first-order chi connectivity index (χ1) is 10.2. The van der Waals surface area contributed by atoms with E-state index in [9.17, 15) is 0 Å². The molecule has 0 aliphatic carbocycles. The van der Waals surface area contributed by atoms with Crippen LogP contribution in [-0.2, 0) is 4.74 Å². The Morgan fingerprint density at radius 3 is 2.86 bits per heavy atom. The molecule has 2 N–H and O–H groups in total. The summed E-state index contributed by atoms with van der Waals surface area (Å²) in [6, 6.07) is 0.160. The van der Waals surface area contributed by atoms with Crippen LogP contribution in [-0.4, -0.2) is 64.4 Å². The van der Waals surface area contributed by atoms with Crippen molar-refractivity contribution in [3.05, 3.63) is 6.33 Å². The second kappa shape index (κ2) is 5.82. The van der Waals surface area contributed by atoms with Crippen LogP contribution in [0.2, 0.25) is 0 Å². The molecule has 8 nitrogen and oxygen atoms in total. The summed E-state index contributed by atoms with van der Waals surface area (Å²) in [4.78, 5) is 15.1. The number of hydrogen-bond donors (Lipinski definition) is 1. The molecule has 1 aliphatic heterocycles. The highest BCUT2D eigenvalue weighted by atomic mass is 16.5. The minimum absolute atomic E-state index is 0.160. The van der Waals surface area contributed by atoms with E-state index in [4.69, 9.17) is 15.2 Å². The molecule has 1 atom stereocenters. The Morgan fingerprint density at radius 2 is 2.14 bits per heavy atom. The van der Waals surface area contributed by atoms with Crippen LogP contribution in [0, 0.1) is 0 Å². The summed E-state index contributed by atoms with van der Waals surface area (Å²) in [5.74, 6) is 0.883. The summed E-state index contributed by atoms with van der Waals surface area (Å²) in [6.45, 7) is 6.43. The van der Waals surface area contributed by atoms with Gasteiger partial charge in [0.1, 0.15) is 6.33 Å². The molecule has 2 aromatic heterocycles. The molecule has 0 amide bonds. The van der Waals surface area contributed by atoms with Crippen molar-refractivity contribution in [2.75, 3.05) is 45.7 Å². The smallest absolute Gasteiger partial charge is 0.245 e. The van der Waals surface area contributed by atoms with Gasteiger partial charge in [0.05, 0.1) is 20.3 Å². The van der Waals surface area contributed by atoms with Crippen molar-refractivity contribution in [3.63, 3.8) is 0 Å². The van der Waals surface area contributed by atoms with E-state index < -0.39 is 0 Å². The Balaban J connectivity index is 1.90. The number of fused-ring (bicyclic) bond motifs is 1. The Kier molecular flexibility index (Phi) is 3.89. The maximum Gasteiger partial charge on any atom is 0.245 e. The fourth-order valence-corrected chi connectivity index (χ4v) is 2.73. The SMILES string of the molecule is COc1ncnc2c1nc(N)n2C(C)CN1CCOCC1. The van der Waals surface area contributed by atoms with E-state index in [-0.39, 0.29) is 6.04 Å². The first kappa shape index (κ1) is 14.0. The number of morpholine rings is 1. The minimum atomic E-state index is 0.160. The standard InChI is InChI=1S/C13H20N6O2/c1-9(7-18-3-5-21-6-4-18)19-11-10(17-13(19)14)12(20-2)16-8-15-11/h8-9H,3-7H2,1-2H3,(H2,14,17). The van der Waals surface area contributed by atoms with Gasteiger partial charge < -0.3 is 15.2 Å². The number of methoxy groups -OCH3 is 1. The molecule has 0 radical (unpaired) electrons. The molecule has 1 unspecified atom stereocenters. The summed E-state index contributed by atoms with van der Waals surface area (Å²) in [5.41, 5.74) is 7.38. The molecule has 114 valence electrons. The molecular formula is C13H20N6O2. The van der Waals surface area contributed by atoms with Gasteiger partial charge in [-0.05, 0) is 6.92 Å². The number of rotatable bonds is 4. The zero-order chi connectivity index (χ0) is 14.8. The van der Waals surface area contributed by atoms with Gasteiger partial charge >= 0.3 is 0 Å². The second-order valence-corrected chi connectivity index (χ2v) is 5.16. The average molecular weight is 292 g/mol. The number of imidazole rings is 1. The van der Waals surface area contributed by atoms with Crippen molar-refractivity contribution in [2.24, 2.45) is 0 Å². The molecule has 21 heavy (non-hydrogen) atoms. The Labute approximate surface area is 122 Å². The monoisotopic (exact) mass is 292 g/mol. The second-order valence-electron chi connectivity index (χ2n) is 5.16. The van der Waals surface area contributed by atoms with Gasteiger partial charge in [0.15, 0.2) is 11.2 Å². The summed E-state index contributed by atoms with van der Waals surface area (Å²) < 4.78 is 12.5. The Hall–Kier alpha value is -1.93. The quantitative estimate of drug-likeness (QED) is 0.867. The van der Waals surface area contributed by atoms with Gasteiger partial charge in [0, 0.05) is 25.7 Å². The minimum Gasteiger partial charge on any atom is -0.479 e. The van der Waals surface area contributed by atoms with E-state index in [0.29, 0.717) is 23.0 Å². The van der Waals surface area contributed by atoms with Crippen LogP contribution in [0.25, 0.3) is 11.2 Å². The van der Waals surface area contributed by atoms with Crippen molar-refractivity contribution in [3.8, 4) is 5.88 Å². The van der Waals surface area contributed by atoms with E-state index in [0.717, 1.165) is 32.8 Å². The fraction of sp³-hybridized carbons (Fsp3) is 0.615. The first-order valence-corrected chi connectivity index (χ1v) is 7.03. The van der Waals surface area contributed by atoms with Gasteiger partial charge in [-0.1, -0.05) is 0 Å². The highest BCUT2D eigenvalue weighted by molar-refractivity contribution is 5.79. The van der Waals surface area contributed by atoms with Crippen molar-refractivity contribution in [1.29, 1.82) is 0 Å². The van der Waals surface area contributed by atoms with Gasteiger partial charge in [-0.2, -0.15) is 4.98 Å². The maximum absolute atomic E-state index is 6.07. The van der Waals surface area contributed by atoms with Gasteiger partial charge in [-0.15, -0.1) is 0 Å². The lowest BCUT2D eigenvalue weighted by Crippen LogP contribution is -2.39. The summed E-state index contributed by atoms with van der Waals surface area (Å²) >= 11 is 0. The maximum atomic E-state index is 6.07. The lowest BCUT2D eigenvalue weighted by Gasteiger charge is -2.29. The van der Waals surface area contributed by atoms with Gasteiger partial charge in [-0.25, -0.2) is 9.97 Å². The highest BCUT2D eigenvalue weighted by Crippen LogP contribution is 2.26.